The molecule has 0 aliphatic heterocycles. The summed E-state index contributed by atoms with van der Waals surface area (Å²) in [5.41, 5.74) is 0. The molecular formula is H22B7KO21. The summed E-state index contributed by atoms with van der Waals surface area (Å²) in [5, 5.41) is 150. The average molecular weight is 473 g/mol. The van der Waals surface area contributed by atoms with Crippen LogP contribution in [0.5, 0.6) is 0 Å². The van der Waals surface area contributed by atoms with Gasteiger partial charge in [-0.1, -0.05) is 0 Å². The van der Waals surface area contributed by atoms with Gasteiger partial charge in [0.15, 0.2) is 0 Å². The Bertz CT molecular complexity index is 128. The molecule has 170 valence electrons. The van der Waals surface area contributed by atoms with E-state index in [9.17, 15) is 0 Å². The molecule has 0 aliphatic rings. The number of rotatable bonds is 0. The van der Waals surface area contributed by atoms with E-state index in [1.165, 1.54) is 0 Å². The summed E-state index contributed by atoms with van der Waals surface area (Å²) in [6.07, 6.45) is 0. The van der Waals surface area contributed by atoms with Crippen LogP contribution >= 0.6 is 0 Å². The van der Waals surface area contributed by atoms with Crippen LogP contribution in [-0.4, -0.2) is 157 Å². The van der Waals surface area contributed by atoms with Crippen molar-refractivity contribution in [3.63, 3.8) is 0 Å². The van der Waals surface area contributed by atoms with Gasteiger partial charge >= 0.3 is 103 Å². The third-order valence-electron chi connectivity index (χ3n) is 0. The fraction of sp³-hybridized carbons (Fsp3) is 0. The van der Waals surface area contributed by atoms with Crippen LogP contribution in [0.4, 0.5) is 0 Å². The van der Waals surface area contributed by atoms with Gasteiger partial charge in [0.1, 0.15) is 0 Å². The summed E-state index contributed by atoms with van der Waals surface area (Å²) in [5.74, 6) is 0. The zero-order valence-electron chi connectivity index (χ0n) is 15.4. The van der Waals surface area contributed by atoms with Crippen molar-refractivity contribution < 1.29 is 158 Å². The molecule has 0 rings (SSSR count). The maximum Gasteiger partial charge on any atom is 1.00 e. The predicted octanol–water partition coefficient (Wildman–Crippen LogP) is -17.2. The number of hydrogen-bond acceptors (Lipinski definition) is 21. The summed E-state index contributed by atoms with van der Waals surface area (Å²) in [6, 6.07) is 0. The molecule has 29 heavy (non-hydrogen) atoms. The molecule has 0 bridgehead atoms. The van der Waals surface area contributed by atoms with E-state index in [4.69, 9.17) is 106 Å². The van der Waals surface area contributed by atoms with Crippen LogP contribution in [0.25, 0.3) is 0 Å². The molecule has 0 radical (unpaired) electrons. The second-order valence-corrected chi connectivity index (χ2v) is 2.42. The molecule has 0 heterocycles. The van der Waals surface area contributed by atoms with E-state index in [1.54, 1.807) is 0 Å². The van der Waals surface area contributed by atoms with E-state index in [2.05, 4.69) is 0 Å². The largest absolute Gasteiger partial charge is 1.00 e. The van der Waals surface area contributed by atoms with Gasteiger partial charge in [0.25, 0.3) is 0 Å². The van der Waals surface area contributed by atoms with Gasteiger partial charge in [-0.2, -0.15) is 0 Å². The molecule has 0 aliphatic carbocycles. The molecule has 0 amide bonds. The summed E-state index contributed by atoms with van der Waals surface area (Å²) < 4.78 is 0. The van der Waals surface area contributed by atoms with Crippen molar-refractivity contribution in [3.8, 4) is 0 Å². The van der Waals surface area contributed by atoms with Crippen LogP contribution in [-0.2, 0) is 0 Å². The van der Waals surface area contributed by atoms with Gasteiger partial charge in [0, 0.05) is 0 Å². The van der Waals surface area contributed by atoms with Gasteiger partial charge in [-0.05, 0) is 0 Å². The maximum atomic E-state index is 7.17. The van der Waals surface area contributed by atoms with Gasteiger partial charge in [0.05, 0.1) is 0 Å². The zero-order chi connectivity index (χ0) is 25.0. The Balaban J connectivity index is -0.0000000242. The Morgan fingerprint density at radius 2 is 0.207 bits per heavy atom. The first-order valence-corrected chi connectivity index (χ1v) is 5.42. The Morgan fingerprint density at radius 3 is 0.207 bits per heavy atom. The fourth-order valence-electron chi connectivity index (χ4n) is 0. The molecule has 0 aromatic heterocycles. The van der Waals surface area contributed by atoms with Crippen molar-refractivity contribution in [2.75, 3.05) is 0 Å². The average Bonchev–Trinajstić information content (AvgIpc) is 2.20. The van der Waals surface area contributed by atoms with Gasteiger partial charge in [0.2, 0.25) is 0 Å². The van der Waals surface area contributed by atoms with Crippen molar-refractivity contribution in [3.05, 3.63) is 0 Å². The second-order valence-electron chi connectivity index (χ2n) is 2.42. The number of hydrogen-bond donors (Lipinski definition) is 21. The predicted molar refractivity (Wildman–Crippen MR) is 88.0 cm³/mol. The minimum Gasteiger partial charge on any atom is -1.00 e. The first-order chi connectivity index (χ1) is 12.1. The maximum absolute atomic E-state index is 7.17. The third-order valence-corrected chi connectivity index (χ3v) is 0. The molecule has 0 atom stereocenters. The smallest absolute Gasteiger partial charge is 1.00 e. The van der Waals surface area contributed by atoms with Crippen molar-refractivity contribution in [1.82, 2.24) is 0 Å². The van der Waals surface area contributed by atoms with Crippen LogP contribution in [0.15, 0.2) is 0 Å². The Hall–Kier alpha value is 1.25. The molecular weight excluding hydrogens is 451 g/mol. The minimum atomic E-state index is -2.17. The van der Waals surface area contributed by atoms with Crippen LogP contribution in [0, 0.1) is 0 Å². The van der Waals surface area contributed by atoms with E-state index in [1.807, 2.05) is 0 Å². The SMILES string of the molecule is OB(O)O.OB(O)O.OB(O)O.OB(O)O.OB(O)O.OB(O)O.OB(O)O.[H-].[K+]. The summed E-state index contributed by atoms with van der Waals surface area (Å²) >= 11 is 0. The summed E-state index contributed by atoms with van der Waals surface area (Å²) in [4.78, 5) is 0. The summed E-state index contributed by atoms with van der Waals surface area (Å²) in [7, 11) is -15.2. The van der Waals surface area contributed by atoms with E-state index in [0.29, 0.717) is 0 Å². The first-order valence-electron chi connectivity index (χ1n) is 5.42. The van der Waals surface area contributed by atoms with E-state index in [0.717, 1.165) is 0 Å². The molecule has 0 unspecified atom stereocenters. The molecule has 21 N–H and O–H groups in total. The summed E-state index contributed by atoms with van der Waals surface area (Å²) in [6.45, 7) is 0. The van der Waals surface area contributed by atoms with Gasteiger partial charge in [-0.3, -0.25) is 0 Å². The minimum absolute atomic E-state index is 0. The van der Waals surface area contributed by atoms with Crippen molar-refractivity contribution >= 4 is 51.2 Å². The molecule has 0 aromatic rings. The van der Waals surface area contributed by atoms with Crippen molar-refractivity contribution in [1.29, 1.82) is 0 Å². The normalized spacial score (nSPS) is 6.52. The van der Waals surface area contributed by atoms with Gasteiger partial charge in [-0.15, -0.1) is 0 Å². The first kappa shape index (κ1) is 52.3. The third kappa shape index (κ3) is 13900. The molecule has 0 spiro atoms. The van der Waals surface area contributed by atoms with Gasteiger partial charge < -0.3 is 107 Å². The quantitative estimate of drug-likeness (QED) is 0.145. The Morgan fingerprint density at radius 1 is 0.207 bits per heavy atom. The zero-order valence-corrected chi connectivity index (χ0v) is 17.6. The van der Waals surface area contributed by atoms with Crippen LogP contribution < -0.4 is 51.4 Å². The Kier molecular flexibility index (Phi) is 85.0. The van der Waals surface area contributed by atoms with E-state index >= 15 is 0 Å². The monoisotopic (exact) mass is 474 g/mol. The van der Waals surface area contributed by atoms with Crippen LogP contribution in [0.1, 0.15) is 1.43 Å². The van der Waals surface area contributed by atoms with Crippen molar-refractivity contribution in [2.24, 2.45) is 0 Å². The van der Waals surface area contributed by atoms with E-state index in [-0.39, 0.29) is 52.8 Å². The second kappa shape index (κ2) is 47.2. The fourth-order valence-corrected chi connectivity index (χ4v) is 0. The van der Waals surface area contributed by atoms with Crippen LogP contribution in [0.3, 0.4) is 0 Å². The molecule has 21 nitrogen and oxygen atoms in total. The molecule has 0 aromatic carbocycles. The van der Waals surface area contributed by atoms with Crippen molar-refractivity contribution in [2.45, 2.75) is 0 Å². The standard InChI is InChI=1S/7BH3O3.K.H/c7*2-1(3)4;;/h7*2-4H;;/q;;;;;;;+1;-1. The van der Waals surface area contributed by atoms with Gasteiger partial charge in [-0.25, -0.2) is 0 Å². The van der Waals surface area contributed by atoms with Crippen LogP contribution in [0.2, 0.25) is 0 Å². The molecule has 0 saturated heterocycles. The molecule has 0 fully saturated rings. The molecule has 29 heteroatoms. The molecule has 0 saturated carbocycles. The van der Waals surface area contributed by atoms with E-state index < -0.39 is 51.2 Å². The Labute approximate surface area is 208 Å². The topological polar surface area (TPSA) is 425 Å².